The molecule has 1 unspecified atom stereocenters. The Morgan fingerprint density at radius 3 is 2.42 bits per heavy atom. The molecule has 123 valence electrons. The van der Waals surface area contributed by atoms with Gasteiger partial charge in [0.2, 0.25) is 0 Å². The summed E-state index contributed by atoms with van der Waals surface area (Å²) in [6.45, 7) is 1.47. The van der Waals surface area contributed by atoms with Crippen LogP contribution in [-0.2, 0) is 16.1 Å². The molecule has 1 atom stereocenters. The summed E-state index contributed by atoms with van der Waals surface area (Å²) in [5.74, 6) is 0.385. The average molecular weight is 322 g/mol. The van der Waals surface area contributed by atoms with Crippen molar-refractivity contribution < 1.29 is 9.47 Å². The number of aliphatic imine (C=N–C) groups is 1. The van der Waals surface area contributed by atoms with Gasteiger partial charge >= 0.3 is 0 Å². The van der Waals surface area contributed by atoms with E-state index in [1.54, 1.807) is 0 Å². The first-order chi connectivity index (χ1) is 11.8. The van der Waals surface area contributed by atoms with E-state index < -0.39 is 6.23 Å². The zero-order valence-electron chi connectivity index (χ0n) is 13.3. The van der Waals surface area contributed by atoms with Crippen LogP contribution >= 0.6 is 0 Å². The third kappa shape index (κ3) is 4.44. The van der Waals surface area contributed by atoms with Gasteiger partial charge in [-0.1, -0.05) is 60.7 Å². The molecule has 0 bridgehead atoms. The van der Waals surface area contributed by atoms with Gasteiger partial charge in [-0.15, -0.1) is 0 Å². The van der Waals surface area contributed by atoms with E-state index in [-0.39, 0.29) is 0 Å². The van der Waals surface area contributed by atoms with E-state index in [0.717, 1.165) is 11.1 Å². The molecule has 0 amide bonds. The van der Waals surface area contributed by atoms with Crippen molar-refractivity contribution in [2.24, 2.45) is 10.7 Å². The molecule has 0 aliphatic carbocycles. The van der Waals surface area contributed by atoms with E-state index in [4.69, 9.17) is 15.2 Å². The van der Waals surface area contributed by atoms with Crippen LogP contribution in [0.3, 0.4) is 0 Å². The highest BCUT2D eigenvalue weighted by molar-refractivity contribution is 5.91. The summed E-state index contributed by atoms with van der Waals surface area (Å²) in [5.41, 5.74) is 8.74. The van der Waals surface area contributed by atoms with Crippen LogP contribution in [0.2, 0.25) is 0 Å². The van der Waals surface area contributed by atoms with Gasteiger partial charge in [-0.2, -0.15) is 0 Å². The lowest BCUT2D eigenvalue weighted by atomic mass is 10.1. The number of hydrogen-bond donors (Lipinski definition) is 2. The van der Waals surface area contributed by atoms with Crippen molar-refractivity contribution in [2.75, 3.05) is 13.2 Å². The summed E-state index contributed by atoms with van der Waals surface area (Å²) in [5, 5.41) is 3.01. The first kappa shape index (κ1) is 16.2. The van der Waals surface area contributed by atoms with Crippen molar-refractivity contribution in [1.82, 2.24) is 5.32 Å². The lowest BCUT2D eigenvalue weighted by Crippen LogP contribution is -2.44. The number of amidine groups is 1. The minimum absolute atomic E-state index is 0.385. The molecular formula is C19H20N3O2. The number of hydrogen-bond acceptors (Lipinski definition) is 5. The summed E-state index contributed by atoms with van der Waals surface area (Å²) in [6, 6.07) is 19.8. The van der Waals surface area contributed by atoms with Crippen LogP contribution in [0.15, 0.2) is 65.7 Å². The highest BCUT2D eigenvalue weighted by Crippen LogP contribution is 2.17. The van der Waals surface area contributed by atoms with Gasteiger partial charge < -0.3 is 20.5 Å². The molecule has 0 saturated carbocycles. The van der Waals surface area contributed by atoms with Gasteiger partial charge in [0.25, 0.3) is 0 Å². The topological polar surface area (TPSA) is 68.9 Å². The molecule has 5 nitrogen and oxygen atoms in total. The molecule has 1 radical (unpaired) electrons. The third-order valence-electron chi connectivity index (χ3n) is 3.50. The minimum Gasteiger partial charge on any atom is -0.383 e. The third-order valence-corrected chi connectivity index (χ3v) is 3.50. The molecule has 24 heavy (non-hydrogen) atoms. The molecule has 2 aromatic carbocycles. The van der Waals surface area contributed by atoms with E-state index in [1.165, 1.54) is 0 Å². The fourth-order valence-electron chi connectivity index (χ4n) is 2.27. The summed E-state index contributed by atoms with van der Waals surface area (Å²) < 4.78 is 11.2. The van der Waals surface area contributed by atoms with Crippen LogP contribution < -0.4 is 11.1 Å². The first-order valence-electron chi connectivity index (χ1n) is 7.84. The maximum atomic E-state index is 5.97. The van der Waals surface area contributed by atoms with Gasteiger partial charge in [0.05, 0.1) is 31.7 Å². The number of nitrogens with one attached hydrogen (secondary N) is 1. The molecule has 0 spiro atoms. The van der Waals surface area contributed by atoms with Gasteiger partial charge in [-0.25, -0.2) is 4.99 Å². The zero-order chi connectivity index (χ0) is 16.6. The lowest BCUT2D eigenvalue weighted by molar-refractivity contribution is 0.0164. The second-order valence-corrected chi connectivity index (χ2v) is 5.31. The molecule has 1 aliphatic heterocycles. The zero-order valence-corrected chi connectivity index (χ0v) is 13.3. The van der Waals surface area contributed by atoms with Crippen LogP contribution in [0.25, 0.3) is 5.70 Å². The fourth-order valence-corrected chi connectivity index (χ4v) is 2.27. The Kier molecular flexibility index (Phi) is 5.61. The molecule has 0 fully saturated rings. The normalized spacial score (nSPS) is 16.9. The van der Waals surface area contributed by atoms with E-state index >= 15 is 0 Å². The number of rotatable bonds is 7. The Bertz CT molecular complexity index is 699. The lowest BCUT2D eigenvalue weighted by Gasteiger charge is -2.21. The van der Waals surface area contributed by atoms with Gasteiger partial charge in [-0.3, -0.25) is 0 Å². The van der Waals surface area contributed by atoms with Gasteiger partial charge in [0.15, 0.2) is 6.23 Å². The highest BCUT2D eigenvalue weighted by atomic mass is 16.5. The Morgan fingerprint density at radius 2 is 1.71 bits per heavy atom. The predicted molar refractivity (Wildman–Crippen MR) is 93.7 cm³/mol. The number of nitrogens with zero attached hydrogens (tertiary/aromatic N) is 1. The standard InChI is InChI=1S/C19H20N3O2/c20-18-19(21-13-17(22-18)16-9-5-2-6-10-16)24-12-11-23-14-15-7-3-1-4-8-15/h1-10,19,21H,11-12,14H2,(H2,20,22). The quantitative estimate of drug-likeness (QED) is 0.768. The molecule has 3 N–H and O–H groups in total. The van der Waals surface area contributed by atoms with E-state index in [0.29, 0.717) is 31.4 Å². The first-order valence-corrected chi connectivity index (χ1v) is 7.84. The Hall–Kier alpha value is -2.63. The number of ether oxygens (including phenoxy) is 2. The summed E-state index contributed by atoms with van der Waals surface area (Å²) in [6.07, 6.45) is 2.54. The molecule has 0 aromatic heterocycles. The predicted octanol–water partition coefficient (Wildman–Crippen LogP) is 2.31. The Balaban J connectivity index is 1.41. The number of nitrogens with two attached hydrogens (primary N) is 1. The molecule has 2 aromatic rings. The SMILES string of the molecule is NC1=NC(c2ccccc2)=[C]NC1OCCOCc1ccccc1. The van der Waals surface area contributed by atoms with Crippen molar-refractivity contribution >= 4 is 11.5 Å². The molecule has 0 saturated heterocycles. The van der Waals surface area contributed by atoms with E-state index in [1.807, 2.05) is 60.7 Å². The van der Waals surface area contributed by atoms with Crippen LogP contribution in [0.5, 0.6) is 0 Å². The van der Waals surface area contributed by atoms with E-state index in [2.05, 4.69) is 16.5 Å². The molecule has 5 heteroatoms. The second kappa shape index (κ2) is 8.29. The van der Waals surface area contributed by atoms with Crippen molar-refractivity contribution in [3.05, 3.63) is 78.0 Å². The van der Waals surface area contributed by atoms with E-state index in [9.17, 15) is 0 Å². The van der Waals surface area contributed by atoms with Gasteiger partial charge in [0, 0.05) is 5.56 Å². The van der Waals surface area contributed by atoms with Crippen LogP contribution in [-0.4, -0.2) is 25.3 Å². The minimum atomic E-state index is -0.474. The van der Waals surface area contributed by atoms with Crippen LogP contribution in [0.4, 0.5) is 0 Å². The Labute approximate surface area is 141 Å². The maximum Gasteiger partial charge on any atom is 0.186 e. The van der Waals surface area contributed by atoms with Crippen molar-refractivity contribution in [3.63, 3.8) is 0 Å². The molecule has 3 rings (SSSR count). The summed E-state index contributed by atoms with van der Waals surface area (Å²) in [4.78, 5) is 4.35. The van der Waals surface area contributed by atoms with Crippen molar-refractivity contribution in [3.8, 4) is 0 Å². The van der Waals surface area contributed by atoms with Gasteiger partial charge in [-0.05, 0) is 5.56 Å². The highest BCUT2D eigenvalue weighted by Gasteiger charge is 2.18. The van der Waals surface area contributed by atoms with Crippen molar-refractivity contribution in [2.45, 2.75) is 12.8 Å². The fraction of sp³-hybridized carbons (Fsp3) is 0.211. The molecular weight excluding hydrogens is 302 g/mol. The summed E-state index contributed by atoms with van der Waals surface area (Å²) in [7, 11) is 0. The monoisotopic (exact) mass is 322 g/mol. The average Bonchev–Trinajstić information content (AvgIpc) is 2.64. The molecule has 1 aliphatic rings. The van der Waals surface area contributed by atoms with Crippen LogP contribution in [0, 0.1) is 6.20 Å². The number of benzene rings is 2. The van der Waals surface area contributed by atoms with Gasteiger partial charge in [0.1, 0.15) is 5.84 Å². The molecule has 1 heterocycles. The smallest absolute Gasteiger partial charge is 0.186 e. The van der Waals surface area contributed by atoms with Crippen LogP contribution in [0.1, 0.15) is 11.1 Å². The second-order valence-electron chi connectivity index (χ2n) is 5.31. The Morgan fingerprint density at radius 1 is 1.00 bits per heavy atom. The van der Waals surface area contributed by atoms with Crippen molar-refractivity contribution in [1.29, 1.82) is 0 Å². The summed E-state index contributed by atoms with van der Waals surface area (Å²) >= 11 is 0. The maximum absolute atomic E-state index is 5.97. The largest absolute Gasteiger partial charge is 0.383 e.